The number of fused-ring (bicyclic) bond motifs is 2. The van der Waals surface area contributed by atoms with Crippen molar-refractivity contribution in [2.75, 3.05) is 13.2 Å². The highest BCUT2D eigenvalue weighted by Crippen LogP contribution is 2.28. The van der Waals surface area contributed by atoms with Gasteiger partial charge in [0.05, 0.1) is 19.3 Å². The fraction of sp³-hybridized carbons (Fsp3) is 1.00. The van der Waals surface area contributed by atoms with Crippen molar-refractivity contribution in [3.8, 4) is 0 Å². The first-order valence-corrected chi connectivity index (χ1v) is 3.38. The molecule has 4 atom stereocenters. The second kappa shape index (κ2) is 2.17. The van der Waals surface area contributed by atoms with Gasteiger partial charge in [-0.15, -0.1) is 0 Å². The molecule has 0 unspecified atom stereocenters. The van der Waals surface area contributed by atoms with Crippen LogP contribution in [0.2, 0.25) is 0 Å². The quantitative estimate of drug-likeness (QED) is 0.446. The highest BCUT2D eigenvalue weighted by Gasteiger charge is 2.44. The van der Waals surface area contributed by atoms with Crippen LogP contribution in [0.5, 0.6) is 0 Å². The number of hydrogen-bond acceptors (Lipinski definition) is 4. The molecule has 58 valence electrons. The van der Waals surface area contributed by atoms with E-state index in [0.29, 0.717) is 6.61 Å². The van der Waals surface area contributed by atoms with Gasteiger partial charge in [0.15, 0.2) is 6.29 Å². The smallest absolute Gasteiger partial charge is 0.183 e. The van der Waals surface area contributed by atoms with E-state index in [9.17, 15) is 10.2 Å². The molecule has 2 rings (SSSR count). The Morgan fingerprint density at radius 3 is 2.50 bits per heavy atom. The van der Waals surface area contributed by atoms with Crippen molar-refractivity contribution < 1.29 is 19.7 Å². The Bertz CT molecular complexity index is 138. The molecule has 0 amide bonds. The molecule has 0 aromatic rings. The molecule has 2 fully saturated rings. The summed E-state index contributed by atoms with van der Waals surface area (Å²) in [5, 5.41) is 18.5. The minimum Gasteiger partial charge on any atom is -0.390 e. The van der Waals surface area contributed by atoms with Gasteiger partial charge in [0.1, 0.15) is 6.10 Å². The van der Waals surface area contributed by atoms with E-state index >= 15 is 0 Å². The van der Waals surface area contributed by atoms with Crippen molar-refractivity contribution in [1.29, 1.82) is 0 Å². The molecular formula is C6H10O4. The first-order valence-electron chi connectivity index (χ1n) is 3.38. The lowest BCUT2D eigenvalue weighted by atomic mass is 9.97. The maximum Gasteiger partial charge on any atom is 0.183 e. The van der Waals surface area contributed by atoms with Crippen molar-refractivity contribution in [2.24, 2.45) is 5.92 Å². The fourth-order valence-corrected chi connectivity index (χ4v) is 1.41. The van der Waals surface area contributed by atoms with Gasteiger partial charge in [-0.05, 0) is 0 Å². The average Bonchev–Trinajstić information content (AvgIpc) is 2.13. The first kappa shape index (κ1) is 6.54. The van der Waals surface area contributed by atoms with E-state index in [-0.39, 0.29) is 12.5 Å². The van der Waals surface area contributed by atoms with Crippen molar-refractivity contribution in [1.82, 2.24) is 0 Å². The normalized spacial score (nSPS) is 53.4. The lowest BCUT2D eigenvalue weighted by Crippen LogP contribution is -2.43. The molecule has 0 saturated carbocycles. The zero-order valence-corrected chi connectivity index (χ0v) is 5.43. The Balaban J connectivity index is 2.13. The SMILES string of the molecule is O[C@H]1[C@H]2OC[C@@H]1[C@@H](O)CO2. The van der Waals surface area contributed by atoms with E-state index in [1.807, 2.05) is 0 Å². The van der Waals surface area contributed by atoms with Crippen LogP contribution in [0.25, 0.3) is 0 Å². The van der Waals surface area contributed by atoms with Gasteiger partial charge in [-0.2, -0.15) is 0 Å². The Kier molecular flexibility index (Phi) is 1.42. The van der Waals surface area contributed by atoms with Crippen molar-refractivity contribution in [3.63, 3.8) is 0 Å². The first-order chi connectivity index (χ1) is 4.79. The summed E-state index contributed by atoms with van der Waals surface area (Å²) in [5.41, 5.74) is 0. The van der Waals surface area contributed by atoms with Crippen LogP contribution in [0.4, 0.5) is 0 Å². The van der Waals surface area contributed by atoms with Crippen LogP contribution in [0.1, 0.15) is 0 Å². The predicted octanol–water partition coefficient (Wildman–Crippen LogP) is -1.29. The summed E-state index contributed by atoms with van der Waals surface area (Å²) >= 11 is 0. The third-order valence-electron chi connectivity index (χ3n) is 2.10. The monoisotopic (exact) mass is 146 g/mol. The minimum atomic E-state index is -0.635. The molecule has 2 saturated heterocycles. The van der Waals surface area contributed by atoms with E-state index in [1.165, 1.54) is 0 Å². The van der Waals surface area contributed by atoms with Crippen LogP contribution in [0.3, 0.4) is 0 Å². The predicted molar refractivity (Wildman–Crippen MR) is 31.2 cm³/mol. The van der Waals surface area contributed by atoms with E-state index in [1.54, 1.807) is 0 Å². The topological polar surface area (TPSA) is 58.9 Å². The van der Waals surface area contributed by atoms with Gasteiger partial charge >= 0.3 is 0 Å². The molecular weight excluding hydrogens is 136 g/mol. The molecule has 2 aliphatic heterocycles. The highest BCUT2D eigenvalue weighted by atomic mass is 16.7. The highest BCUT2D eigenvalue weighted by molar-refractivity contribution is 4.87. The average molecular weight is 146 g/mol. The molecule has 0 aromatic heterocycles. The molecule has 10 heavy (non-hydrogen) atoms. The third-order valence-corrected chi connectivity index (χ3v) is 2.10. The summed E-state index contributed by atoms with van der Waals surface area (Å²) in [6, 6.07) is 0. The second-order valence-electron chi connectivity index (χ2n) is 2.76. The molecule has 2 N–H and O–H groups in total. The summed E-state index contributed by atoms with van der Waals surface area (Å²) in [4.78, 5) is 0. The standard InChI is InChI=1S/C6H10O4/c7-4-2-10-6-5(8)3(4)1-9-6/h3-8H,1-2H2/t3-,4+,5-,6+/m1/s1. The van der Waals surface area contributed by atoms with Crippen LogP contribution in [0.15, 0.2) is 0 Å². The van der Waals surface area contributed by atoms with Gasteiger partial charge in [-0.3, -0.25) is 0 Å². The molecule has 0 radical (unpaired) electrons. The summed E-state index contributed by atoms with van der Waals surface area (Å²) in [6.45, 7) is 0.694. The van der Waals surface area contributed by atoms with Crippen LogP contribution >= 0.6 is 0 Å². The van der Waals surface area contributed by atoms with E-state index < -0.39 is 18.5 Å². The largest absolute Gasteiger partial charge is 0.390 e. The number of hydrogen-bond donors (Lipinski definition) is 2. The van der Waals surface area contributed by atoms with Crippen LogP contribution in [-0.2, 0) is 9.47 Å². The maximum absolute atomic E-state index is 9.27. The minimum absolute atomic E-state index is 0.140. The van der Waals surface area contributed by atoms with Crippen LogP contribution in [0, 0.1) is 5.92 Å². The van der Waals surface area contributed by atoms with Gasteiger partial charge < -0.3 is 19.7 Å². The molecule has 4 nitrogen and oxygen atoms in total. The molecule has 0 aliphatic carbocycles. The van der Waals surface area contributed by atoms with E-state index in [4.69, 9.17) is 9.47 Å². The van der Waals surface area contributed by atoms with Gasteiger partial charge in [-0.25, -0.2) is 0 Å². The zero-order chi connectivity index (χ0) is 7.14. The lowest BCUT2D eigenvalue weighted by molar-refractivity contribution is -0.187. The number of ether oxygens (including phenoxy) is 2. The Hall–Kier alpha value is -0.160. The van der Waals surface area contributed by atoms with Crippen LogP contribution < -0.4 is 0 Å². The maximum atomic E-state index is 9.27. The summed E-state index contributed by atoms with van der Waals surface area (Å²) in [6.07, 6.45) is -1.69. The van der Waals surface area contributed by atoms with Crippen molar-refractivity contribution in [2.45, 2.75) is 18.5 Å². The van der Waals surface area contributed by atoms with Gasteiger partial charge in [0, 0.05) is 5.92 Å². The third kappa shape index (κ3) is 0.769. The number of aliphatic hydroxyl groups excluding tert-OH is 2. The van der Waals surface area contributed by atoms with Gasteiger partial charge in [0.25, 0.3) is 0 Å². The fourth-order valence-electron chi connectivity index (χ4n) is 1.41. The number of rotatable bonds is 0. The molecule has 0 spiro atoms. The summed E-state index contributed by atoms with van der Waals surface area (Å²) in [7, 11) is 0. The Labute approximate surface area is 58.4 Å². The summed E-state index contributed by atoms with van der Waals surface area (Å²) < 4.78 is 10.00. The second-order valence-corrected chi connectivity index (χ2v) is 2.76. The number of aliphatic hydroxyl groups is 2. The van der Waals surface area contributed by atoms with Crippen molar-refractivity contribution in [3.05, 3.63) is 0 Å². The molecule has 0 aromatic carbocycles. The zero-order valence-electron chi connectivity index (χ0n) is 5.43. The van der Waals surface area contributed by atoms with E-state index in [2.05, 4.69) is 0 Å². The van der Waals surface area contributed by atoms with Gasteiger partial charge in [-0.1, -0.05) is 0 Å². The lowest BCUT2D eigenvalue weighted by Gasteiger charge is -2.27. The van der Waals surface area contributed by atoms with Gasteiger partial charge in [0.2, 0.25) is 0 Å². The Morgan fingerprint density at radius 2 is 1.80 bits per heavy atom. The molecule has 2 aliphatic rings. The molecule has 4 heteroatoms. The molecule has 2 heterocycles. The van der Waals surface area contributed by atoms with Crippen molar-refractivity contribution >= 4 is 0 Å². The summed E-state index contributed by atoms with van der Waals surface area (Å²) in [5.74, 6) is -0.140. The molecule has 2 bridgehead atoms. The van der Waals surface area contributed by atoms with E-state index in [0.717, 1.165) is 0 Å². The Morgan fingerprint density at radius 1 is 1.10 bits per heavy atom. The van der Waals surface area contributed by atoms with Crippen LogP contribution in [-0.4, -0.2) is 41.9 Å².